The second kappa shape index (κ2) is 8.03. The summed E-state index contributed by atoms with van der Waals surface area (Å²) < 4.78 is 0. The van der Waals surface area contributed by atoms with Crippen LogP contribution in [0, 0.1) is 0 Å². The van der Waals surface area contributed by atoms with Crippen LogP contribution in [-0.2, 0) is 6.42 Å². The Morgan fingerprint density at radius 1 is 1.22 bits per heavy atom. The fraction of sp³-hybridized carbons (Fsp3) is 0.714. The maximum Gasteiger partial charge on any atom is 0.225 e. The molecular weight excluding hydrogens is 224 g/mol. The van der Waals surface area contributed by atoms with Gasteiger partial charge in [0, 0.05) is 25.0 Å². The number of nitrogens with two attached hydrogens (primary N) is 1. The van der Waals surface area contributed by atoms with Gasteiger partial charge in [-0.1, -0.05) is 19.8 Å². The van der Waals surface area contributed by atoms with Crippen LogP contribution >= 0.6 is 0 Å². The van der Waals surface area contributed by atoms with Gasteiger partial charge in [0.05, 0.1) is 0 Å². The molecule has 0 fully saturated rings. The van der Waals surface area contributed by atoms with E-state index in [1.54, 1.807) is 0 Å². The van der Waals surface area contributed by atoms with Crippen LogP contribution in [0.3, 0.4) is 0 Å². The van der Waals surface area contributed by atoms with Crippen molar-refractivity contribution in [1.29, 1.82) is 0 Å². The normalized spacial score (nSPS) is 10.9. The van der Waals surface area contributed by atoms with Gasteiger partial charge < -0.3 is 10.6 Å². The molecule has 0 aliphatic rings. The Morgan fingerprint density at radius 3 is 2.39 bits per heavy atom. The third-order valence-corrected chi connectivity index (χ3v) is 3.01. The molecule has 0 radical (unpaired) electrons. The van der Waals surface area contributed by atoms with Crippen molar-refractivity contribution in [2.45, 2.75) is 52.5 Å². The zero-order valence-electron chi connectivity index (χ0n) is 11.9. The molecule has 0 saturated carbocycles. The second-order valence-electron chi connectivity index (χ2n) is 4.92. The number of aromatic nitrogens is 2. The van der Waals surface area contributed by atoms with Gasteiger partial charge in [-0.3, -0.25) is 0 Å². The van der Waals surface area contributed by atoms with E-state index in [0.29, 0.717) is 12.6 Å². The van der Waals surface area contributed by atoms with Gasteiger partial charge in [0.2, 0.25) is 5.95 Å². The average Bonchev–Trinajstić information content (AvgIpc) is 2.36. The molecule has 4 nitrogen and oxygen atoms in total. The molecule has 0 aliphatic heterocycles. The summed E-state index contributed by atoms with van der Waals surface area (Å²) in [6.45, 7) is 8.26. The summed E-state index contributed by atoms with van der Waals surface area (Å²) >= 11 is 0. The molecule has 18 heavy (non-hydrogen) atoms. The monoisotopic (exact) mass is 250 g/mol. The minimum absolute atomic E-state index is 0.433. The van der Waals surface area contributed by atoms with Gasteiger partial charge in [-0.2, -0.15) is 0 Å². The molecule has 0 bridgehead atoms. The van der Waals surface area contributed by atoms with E-state index in [1.807, 2.05) is 12.4 Å². The highest BCUT2D eigenvalue weighted by Crippen LogP contribution is 2.12. The van der Waals surface area contributed by atoms with Crippen LogP contribution in [0.25, 0.3) is 0 Å². The standard InChI is InChI=1S/C14H26N4/c1-4-5-6-9-18(12(2)3)14-16-10-13(7-8-15)11-17-14/h10-12H,4-9,15H2,1-3H3. The average molecular weight is 250 g/mol. The lowest BCUT2D eigenvalue weighted by atomic mass is 10.2. The Kier molecular flexibility index (Phi) is 6.65. The van der Waals surface area contributed by atoms with E-state index < -0.39 is 0 Å². The zero-order chi connectivity index (χ0) is 13.4. The Morgan fingerprint density at radius 2 is 1.89 bits per heavy atom. The highest BCUT2D eigenvalue weighted by Gasteiger charge is 2.12. The molecule has 0 unspecified atom stereocenters. The molecule has 1 aromatic heterocycles. The van der Waals surface area contributed by atoms with Crippen molar-refractivity contribution in [3.8, 4) is 0 Å². The smallest absolute Gasteiger partial charge is 0.225 e. The van der Waals surface area contributed by atoms with Crippen molar-refractivity contribution < 1.29 is 0 Å². The maximum atomic E-state index is 5.52. The number of unbranched alkanes of at least 4 members (excludes halogenated alkanes) is 2. The van der Waals surface area contributed by atoms with E-state index >= 15 is 0 Å². The summed E-state index contributed by atoms with van der Waals surface area (Å²) in [5.41, 5.74) is 6.63. The van der Waals surface area contributed by atoms with Crippen molar-refractivity contribution >= 4 is 5.95 Å². The molecule has 1 heterocycles. The first-order valence-corrected chi connectivity index (χ1v) is 6.96. The first-order chi connectivity index (χ1) is 8.69. The number of anilines is 1. The van der Waals surface area contributed by atoms with Crippen LogP contribution in [0.1, 0.15) is 45.6 Å². The molecule has 0 amide bonds. The lowest BCUT2D eigenvalue weighted by molar-refractivity contribution is 0.612. The van der Waals surface area contributed by atoms with Gasteiger partial charge in [0.15, 0.2) is 0 Å². The Hall–Kier alpha value is -1.16. The van der Waals surface area contributed by atoms with E-state index in [0.717, 1.165) is 24.5 Å². The summed E-state index contributed by atoms with van der Waals surface area (Å²) in [5, 5.41) is 0. The van der Waals surface area contributed by atoms with Gasteiger partial charge in [-0.15, -0.1) is 0 Å². The first-order valence-electron chi connectivity index (χ1n) is 6.96. The topological polar surface area (TPSA) is 55.0 Å². The summed E-state index contributed by atoms with van der Waals surface area (Å²) in [6, 6.07) is 0.433. The molecule has 0 saturated heterocycles. The van der Waals surface area contributed by atoms with E-state index in [-0.39, 0.29) is 0 Å². The summed E-state index contributed by atoms with van der Waals surface area (Å²) in [7, 11) is 0. The predicted molar refractivity (Wildman–Crippen MR) is 76.8 cm³/mol. The first kappa shape index (κ1) is 14.9. The van der Waals surface area contributed by atoms with Crippen LogP contribution in [0.15, 0.2) is 12.4 Å². The van der Waals surface area contributed by atoms with E-state index in [9.17, 15) is 0 Å². The lowest BCUT2D eigenvalue weighted by Gasteiger charge is -2.26. The minimum atomic E-state index is 0.433. The fourth-order valence-electron chi connectivity index (χ4n) is 1.91. The number of hydrogen-bond donors (Lipinski definition) is 1. The molecule has 0 atom stereocenters. The van der Waals surface area contributed by atoms with E-state index in [4.69, 9.17) is 5.73 Å². The molecule has 0 spiro atoms. The summed E-state index contributed by atoms with van der Waals surface area (Å²) in [6.07, 6.45) is 8.33. The van der Waals surface area contributed by atoms with Gasteiger partial charge >= 0.3 is 0 Å². The highest BCUT2D eigenvalue weighted by atomic mass is 15.3. The molecule has 0 aliphatic carbocycles. The Bertz CT molecular complexity index is 321. The second-order valence-corrected chi connectivity index (χ2v) is 4.92. The molecule has 0 aromatic carbocycles. The third kappa shape index (κ3) is 4.61. The lowest BCUT2D eigenvalue weighted by Crippen LogP contribution is -2.33. The minimum Gasteiger partial charge on any atom is -0.338 e. The fourth-order valence-corrected chi connectivity index (χ4v) is 1.91. The summed E-state index contributed by atoms with van der Waals surface area (Å²) in [5.74, 6) is 0.835. The predicted octanol–water partition coefficient (Wildman–Crippen LogP) is 2.38. The third-order valence-electron chi connectivity index (χ3n) is 3.01. The van der Waals surface area contributed by atoms with Crippen molar-refractivity contribution in [3.63, 3.8) is 0 Å². The van der Waals surface area contributed by atoms with E-state index in [2.05, 4.69) is 35.6 Å². The quantitative estimate of drug-likeness (QED) is 0.720. The van der Waals surface area contributed by atoms with Gasteiger partial charge in [0.1, 0.15) is 0 Å². The molecule has 2 N–H and O–H groups in total. The highest BCUT2D eigenvalue weighted by molar-refractivity contribution is 5.31. The van der Waals surface area contributed by atoms with E-state index in [1.165, 1.54) is 19.3 Å². The Labute approximate surface area is 111 Å². The van der Waals surface area contributed by atoms with Crippen LogP contribution in [-0.4, -0.2) is 29.1 Å². The molecule has 1 aromatic rings. The summed E-state index contributed by atoms with van der Waals surface area (Å²) in [4.78, 5) is 11.2. The van der Waals surface area contributed by atoms with Gasteiger partial charge in [0.25, 0.3) is 0 Å². The van der Waals surface area contributed by atoms with Crippen LogP contribution in [0.5, 0.6) is 0 Å². The zero-order valence-corrected chi connectivity index (χ0v) is 11.9. The Balaban J connectivity index is 2.66. The van der Waals surface area contributed by atoms with Crippen LogP contribution in [0.4, 0.5) is 5.95 Å². The van der Waals surface area contributed by atoms with Crippen LogP contribution in [0.2, 0.25) is 0 Å². The molecule has 4 heteroatoms. The molecule has 102 valence electrons. The van der Waals surface area contributed by atoms with Crippen molar-refractivity contribution in [2.24, 2.45) is 5.73 Å². The number of nitrogens with zero attached hydrogens (tertiary/aromatic N) is 3. The van der Waals surface area contributed by atoms with Crippen molar-refractivity contribution in [2.75, 3.05) is 18.0 Å². The van der Waals surface area contributed by atoms with Gasteiger partial charge in [-0.05, 0) is 38.8 Å². The number of rotatable bonds is 8. The van der Waals surface area contributed by atoms with Crippen molar-refractivity contribution in [3.05, 3.63) is 18.0 Å². The van der Waals surface area contributed by atoms with Crippen molar-refractivity contribution in [1.82, 2.24) is 9.97 Å². The van der Waals surface area contributed by atoms with Crippen LogP contribution < -0.4 is 10.6 Å². The molecule has 1 rings (SSSR count). The maximum absolute atomic E-state index is 5.52. The molecular formula is C14H26N4. The largest absolute Gasteiger partial charge is 0.338 e. The number of hydrogen-bond acceptors (Lipinski definition) is 4. The van der Waals surface area contributed by atoms with Gasteiger partial charge in [-0.25, -0.2) is 9.97 Å². The SMILES string of the molecule is CCCCCN(c1ncc(CCN)cn1)C(C)C.